The van der Waals surface area contributed by atoms with Crippen LogP contribution in [-0.2, 0) is 6.42 Å². The van der Waals surface area contributed by atoms with Gasteiger partial charge in [-0.3, -0.25) is 0 Å². The lowest BCUT2D eigenvalue weighted by atomic mass is 9.97. The van der Waals surface area contributed by atoms with Gasteiger partial charge in [-0.25, -0.2) is 0 Å². The maximum atomic E-state index is 5.42. The van der Waals surface area contributed by atoms with Crippen LogP contribution in [0.5, 0.6) is 0 Å². The van der Waals surface area contributed by atoms with E-state index in [1.165, 1.54) is 22.2 Å². The number of hydrogen-bond donors (Lipinski definition) is 3. The largest absolute Gasteiger partial charge is 0.405 e. The molecule has 0 saturated carbocycles. The molecule has 0 aliphatic carbocycles. The molecular weight excluding hydrogens is 210 g/mol. The van der Waals surface area contributed by atoms with Gasteiger partial charge >= 0.3 is 0 Å². The molecule has 3 rings (SSSR count). The number of aromatic nitrogens is 1. The summed E-state index contributed by atoms with van der Waals surface area (Å²) in [6.45, 7) is 1.04. The molecule has 1 aromatic heterocycles. The van der Waals surface area contributed by atoms with Crippen LogP contribution in [0.25, 0.3) is 10.9 Å². The van der Waals surface area contributed by atoms with Gasteiger partial charge in [0.05, 0.1) is 6.04 Å². The minimum atomic E-state index is 0.367. The van der Waals surface area contributed by atoms with E-state index in [1.54, 1.807) is 6.20 Å². The van der Waals surface area contributed by atoms with Crippen LogP contribution in [0.15, 0.2) is 36.5 Å². The Morgan fingerprint density at radius 1 is 1.35 bits per heavy atom. The fourth-order valence-corrected chi connectivity index (χ4v) is 2.68. The van der Waals surface area contributed by atoms with Gasteiger partial charge in [0.2, 0.25) is 0 Å². The third kappa shape index (κ3) is 1.72. The quantitative estimate of drug-likeness (QED) is 0.736. The van der Waals surface area contributed by atoms with Crippen molar-refractivity contribution in [2.24, 2.45) is 5.73 Å². The van der Waals surface area contributed by atoms with E-state index < -0.39 is 0 Å². The molecule has 1 unspecified atom stereocenters. The Hall–Kier alpha value is -1.74. The highest BCUT2D eigenvalue weighted by Crippen LogP contribution is 2.31. The summed E-state index contributed by atoms with van der Waals surface area (Å²) in [4.78, 5) is 3.54. The Kier molecular flexibility index (Phi) is 2.61. The third-order valence-corrected chi connectivity index (χ3v) is 3.47. The second-order valence-corrected chi connectivity index (χ2v) is 4.48. The van der Waals surface area contributed by atoms with Crippen LogP contribution < -0.4 is 11.1 Å². The number of rotatable bonds is 2. The monoisotopic (exact) mass is 227 g/mol. The van der Waals surface area contributed by atoms with Gasteiger partial charge in [0.15, 0.2) is 0 Å². The zero-order valence-corrected chi connectivity index (χ0v) is 9.74. The summed E-state index contributed by atoms with van der Waals surface area (Å²) in [5, 5.41) is 4.90. The van der Waals surface area contributed by atoms with Crippen LogP contribution >= 0.6 is 0 Å². The zero-order valence-electron chi connectivity index (χ0n) is 9.74. The van der Waals surface area contributed by atoms with Gasteiger partial charge in [-0.05, 0) is 37.2 Å². The fraction of sp³-hybridized carbons (Fsp3) is 0.286. The number of fused-ring (bicyclic) bond motifs is 3. The Morgan fingerprint density at radius 2 is 2.24 bits per heavy atom. The minimum Gasteiger partial charge on any atom is -0.405 e. The van der Waals surface area contributed by atoms with Crippen LogP contribution in [0.1, 0.15) is 23.7 Å². The summed E-state index contributed by atoms with van der Waals surface area (Å²) in [5.41, 5.74) is 9.46. The molecule has 3 heteroatoms. The van der Waals surface area contributed by atoms with Crippen molar-refractivity contribution >= 4 is 10.9 Å². The maximum absolute atomic E-state index is 5.42. The molecule has 0 fully saturated rings. The van der Waals surface area contributed by atoms with E-state index >= 15 is 0 Å². The molecule has 17 heavy (non-hydrogen) atoms. The Balaban J connectivity index is 2.07. The second-order valence-electron chi connectivity index (χ2n) is 4.48. The highest BCUT2D eigenvalue weighted by atomic mass is 15.0. The van der Waals surface area contributed by atoms with E-state index in [0.29, 0.717) is 6.04 Å². The summed E-state index contributed by atoms with van der Waals surface area (Å²) in [7, 11) is 0. The van der Waals surface area contributed by atoms with Crippen molar-refractivity contribution in [1.29, 1.82) is 0 Å². The minimum absolute atomic E-state index is 0.367. The number of H-pyrrole nitrogens is 1. The van der Waals surface area contributed by atoms with Gasteiger partial charge in [-0.2, -0.15) is 0 Å². The van der Waals surface area contributed by atoms with Crippen molar-refractivity contribution in [3.63, 3.8) is 0 Å². The highest BCUT2D eigenvalue weighted by Gasteiger charge is 2.22. The SMILES string of the molecule is NC=CCC1NCCc2c1[nH]c1ccccc21. The summed E-state index contributed by atoms with van der Waals surface area (Å²) in [6, 6.07) is 8.89. The number of nitrogens with one attached hydrogen (secondary N) is 2. The van der Waals surface area contributed by atoms with E-state index in [0.717, 1.165) is 19.4 Å². The van der Waals surface area contributed by atoms with E-state index in [2.05, 4.69) is 34.6 Å². The molecule has 1 atom stereocenters. The first-order valence-electron chi connectivity index (χ1n) is 6.09. The molecule has 2 heterocycles. The smallest absolute Gasteiger partial charge is 0.0511 e. The van der Waals surface area contributed by atoms with Crippen LogP contribution in [0.3, 0.4) is 0 Å². The highest BCUT2D eigenvalue weighted by molar-refractivity contribution is 5.85. The van der Waals surface area contributed by atoms with Gasteiger partial charge in [-0.15, -0.1) is 0 Å². The van der Waals surface area contributed by atoms with Crippen molar-refractivity contribution in [3.8, 4) is 0 Å². The van der Waals surface area contributed by atoms with Gasteiger partial charge in [0.1, 0.15) is 0 Å². The van der Waals surface area contributed by atoms with E-state index in [4.69, 9.17) is 5.73 Å². The number of hydrogen-bond acceptors (Lipinski definition) is 2. The number of nitrogens with two attached hydrogens (primary N) is 1. The van der Waals surface area contributed by atoms with Gasteiger partial charge < -0.3 is 16.0 Å². The Labute approximate surface area is 101 Å². The molecule has 0 bridgehead atoms. The molecule has 1 aliphatic heterocycles. The van der Waals surface area contributed by atoms with Crippen LogP contribution in [0.2, 0.25) is 0 Å². The number of para-hydroxylation sites is 1. The van der Waals surface area contributed by atoms with E-state index in [1.807, 2.05) is 6.08 Å². The normalized spacial score (nSPS) is 19.9. The molecule has 4 N–H and O–H groups in total. The van der Waals surface area contributed by atoms with Crippen molar-refractivity contribution in [3.05, 3.63) is 47.8 Å². The molecule has 0 radical (unpaired) electrons. The lowest BCUT2D eigenvalue weighted by molar-refractivity contribution is 0.502. The Morgan fingerprint density at radius 3 is 3.12 bits per heavy atom. The van der Waals surface area contributed by atoms with Crippen LogP contribution in [-0.4, -0.2) is 11.5 Å². The molecule has 2 aromatic rings. The molecular formula is C14H17N3. The fourth-order valence-electron chi connectivity index (χ4n) is 2.68. The molecule has 0 spiro atoms. The Bertz CT molecular complexity index is 554. The lowest BCUT2D eigenvalue weighted by Gasteiger charge is -2.23. The first kappa shape index (κ1) is 10.4. The third-order valence-electron chi connectivity index (χ3n) is 3.47. The average Bonchev–Trinajstić information content (AvgIpc) is 2.75. The van der Waals surface area contributed by atoms with Crippen molar-refractivity contribution in [2.75, 3.05) is 6.54 Å². The predicted octanol–water partition coefficient (Wildman–Crippen LogP) is 2.22. The molecule has 0 saturated heterocycles. The molecule has 1 aliphatic rings. The summed E-state index contributed by atoms with van der Waals surface area (Å²) in [6.07, 6.45) is 5.68. The molecule has 88 valence electrons. The van der Waals surface area contributed by atoms with Gasteiger partial charge in [0.25, 0.3) is 0 Å². The first-order valence-corrected chi connectivity index (χ1v) is 6.09. The van der Waals surface area contributed by atoms with Crippen LogP contribution in [0, 0.1) is 0 Å². The summed E-state index contributed by atoms with van der Waals surface area (Å²) >= 11 is 0. The predicted molar refractivity (Wildman–Crippen MR) is 70.7 cm³/mol. The standard InChI is InChI=1S/C14H17N3/c15-8-3-6-13-14-11(7-9-16-13)10-4-1-2-5-12(10)17-14/h1-5,8,13,16-17H,6-7,9,15H2. The summed E-state index contributed by atoms with van der Waals surface area (Å²) in [5.74, 6) is 0. The molecule has 1 aromatic carbocycles. The second kappa shape index (κ2) is 4.26. The molecule has 3 nitrogen and oxygen atoms in total. The van der Waals surface area contributed by atoms with Crippen LogP contribution in [0.4, 0.5) is 0 Å². The average molecular weight is 227 g/mol. The first-order chi connectivity index (χ1) is 8.40. The van der Waals surface area contributed by atoms with Gasteiger partial charge in [-0.1, -0.05) is 24.3 Å². The topological polar surface area (TPSA) is 53.8 Å². The maximum Gasteiger partial charge on any atom is 0.0511 e. The van der Waals surface area contributed by atoms with Crippen molar-refractivity contribution in [1.82, 2.24) is 10.3 Å². The van der Waals surface area contributed by atoms with E-state index in [-0.39, 0.29) is 0 Å². The summed E-state index contributed by atoms with van der Waals surface area (Å²) < 4.78 is 0. The van der Waals surface area contributed by atoms with Gasteiger partial charge in [0, 0.05) is 16.6 Å². The van der Waals surface area contributed by atoms with Crippen molar-refractivity contribution in [2.45, 2.75) is 18.9 Å². The van der Waals surface area contributed by atoms with Crippen molar-refractivity contribution < 1.29 is 0 Å². The molecule has 0 amide bonds. The number of aromatic amines is 1. The van der Waals surface area contributed by atoms with E-state index in [9.17, 15) is 0 Å². The number of benzene rings is 1. The lowest BCUT2D eigenvalue weighted by Crippen LogP contribution is -2.29. The zero-order chi connectivity index (χ0) is 11.7.